The van der Waals surface area contributed by atoms with E-state index in [2.05, 4.69) is 123 Å². The molecule has 129 heavy (non-hydrogen) atoms. The number of unbranched alkanes of at least 4 members (excludes halogenated alkanes) is 2. The van der Waals surface area contributed by atoms with Crippen LogP contribution in [0.4, 0.5) is 0 Å². The summed E-state index contributed by atoms with van der Waals surface area (Å²) >= 11 is 12.4. The number of aliphatic carboxylic acids is 3. The number of aliphatic hydroxyl groups is 3. The van der Waals surface area contributed by atoms with Crippen molar-refractivity contribution in [3.05, 3.63) is 0 Å². The summed E-state index contributed by atoms with van der Waals surface area (Å²) < 4.78 is 0. The second kappa shape index (κ2) is 60.9. The molecule has 0 aromatic rings. The second-order valence-electron chi connectivity index (χ2n) is 29.7. The van der Waals surface area contributed by atoms with Crippen LogP contribution in [0.25, 0.3) is 0 Å². The summed E-state index contributed by atoms with van der Waals surface area (Å²) in [7, 11) is 0. The highest BCUT2D eigenvalue weighted by atomic mass is 32.1. The van der Waals surface area contributed by atoms with E-state index in [-0.39, 0.29) is 96.9 Å². The van der Waals surface area contributed by atoms with E-state index >= 15 is 0 Å². The average Bonchev–Trinajstić information content (AvgIpc) is 1.76. The number of primary amides is 2. The molecule has 0 aromatic heterocycles. The van der Waals surface area contributed by atoms with Crippen LogP contribution in [0.15, 0.2) is 0 Å². The van der Waals surface area contributed by atoms with E-state index in [1.54, 1.807) is 0 Å². The number of rotatable bonds is 64. The monoisotopic (exact) mass is 1900 g/mol. The van der Waals surface area contributed by atoms with Crippen molar-refractivity contribution in [3.63, 3.8) is 0 Å². The lowest BCUT2D eigenvalue weighted by molar-refractivity contribution is -0.147. The highest BCUT2D eigenvalue weighted by molar-refractivity contribution is 7.80. The van der Waals surface area contributed by atoms with Crippen LogP contribution in [0.2, 0.25) is 0 Å². The predicted molar refractivity (Wildman–Crippen MR) is 464 cm³/mol. The third kappa shape index (κ3) is 43.7. The van der Waals surface area contributed by atoms with Gasteiger partial charge in [0.15, 0.2) is 11.9 Å². The molecule has 0 saturated carbocycles. The van der Waals surface area contributed by atoms with Gasteiger partial charge < -0.3 is 166 Å². The van der Waals surface area contributed by atoms with Gasteiger partial charge in [-0.1, -0.05) is 0 Å². The fourth-order valence-corrected chi connectivity index (χ4v) is 12.8. The van der Waals surface area contributed by atoms with Crippen molar-refractivity contribution < 1.29 is 131 Å². The van der Waals surface area contributed by atoms with Crippen LogP contribution in [0.3, 0.4) is 0 Å². The topological polar surface area (TPSA) is 917 Å². The fourth-order valence-electron chi connectivity index (χ4n) is 12.1. The molecule has 0 aromatic carbocycles. The molecule has 0 bridgehead atoms. The van der Waals surface area contributed by atoms with Gasteiger partial charge in [0, 0.05) is 49.7 Å². The van der Waals surface area contributed by atoms with Crippen molar-refractivity contribution in [1.29, 1.82) is 10.8 Å². The van der Waals surface area contributed by atoms with Crippen LogP contribution in [-0.4, -0.2) is 344 Å². The number of guanidine groups is 2. The zero-order valence-electron chi connectivity index (χ0n) is 71.3. The highest BCUT2D eigenvalue weighted by Crippen LogP contribution is 2.21. The quantitative estimate of drug-likeness (QED) is 0.0116. The van der Waals surface area contributed by atoms with Crippen molar-refractivity contribution in [1.82, 2.24) is 95.3 Å². The largest absolute Gasteiger partial charge is 0.481 e. The Morgan fingerprint density at radius 1 is 0.388 bits per heavy atom. The van der Waals surface area contributed by atoms with Crippen LogP contribution in [0.5, 0.6) is 0 Å². The maximum Gasteiger partial charge on any atom is 0.326 e. The number of carbonyl (C=O) groups excluding carboxylic acids is 18. The summed E-state index contributed by atoms with van der Waals surface area (Å²) in [6, 6.07) is -28.5. The summed E-state index contributed by atoms with van der Waals surface area (Å²) in [5.41, 5.74) is 39.0. The maximum atomic E-state index is 14.5. The molecule has 728 valence electrons. The number of nitrogens with one attached hydrogen (secondary N) is 19. The summed E-state index contributed by atoms with van der Waals surface area (Å²) in [4.78, 5) is 281. The molecule has 57 heteroatoms. The van der Waals surface area contributed by atoms with E-state index in [9.17, 15) is 121 Å². The lowest BCUT2D eigenvalue weighted by atomic mass is 10.1. The van der Waals surface area contributed by atoms with Crippen molar-refractivity contribution in [2.45, 2.75) is 245 Å². The zero-order valence-corrected chi connectivity index (χ0v) is 74.0. The van der Waals surface area contributed by atoms with Crippen molar-refractivity contribution in [2.75, 3.05) is 63.2 Å². The minimum atomic E-state index is -1.99. The van der Waals surface area contributed by atoms with E-state index in [0.717, 1.165) is 25.7 Å². The Hall–Kier alpha value is -11.8. The third-order valence-electron chi connectivity index (χ3n) is 19.2. The zero-order chi connectivity index (χ0) is 98.1. The Labute approximate surface area is 756 Å². The molecule has 1 saturated heterocycles. The Kier molecular flexibility index (Phi) is 54.4. The number of aliphatic hydroxyl groups excluding tert-OH is 3. The van der Waals surface area contributed by atoms with Gasteiger partial charge in [-0.25, -0.2) is 4.79 Å². The molecule has 0 radical (unpaired) electrons. The molecule has 0 aliphatic carbocycles. The predicted octanol–water partition coefficient (Wildman–Crippen LogP) is -14.9. The normalized spacial score (nSPS) is 16.1. The smallest absolute Gasteiger partial charge is 0.326 e. The first-order valence-corrected chi connectivity index (χ1v) is 42.7. The van der Waals surface area contributed by atoms with E-state index in [1.165, 1.54) is 0 Å². The van der Waals surface area contributed by atoms with E-state index < -0.39 is 314 Å². The van der Waals surface area contributed by atoms with Crippen molar-refractivity contribution in [3.8, 4) is 0 Å². The molecule has 1 heterocycles. The van der Waals surface area contributed by atoms with E-state index in [4.69, 9.17) is 61.2 Å². The minimum Gasteiger partial charge on any atom is -0.481 e. The number of carbonyl (C=O) groups is 21. The highest BCUT2D eigenvalue weighted by Gasteiger charge is 2.42. The minimum absolute atomic E-state index is 0.00676. The molecular formula is C72H125N27O27S3. The van der Waals surface area contributed by atoms with Crippen LogP contribution in [0.1, 0.15) is 136 Å². The average molecular weight is 1900 g/mol. The van der Waals surface area contributed by atoms with Gasteiger partial charge in [0.2, 0.25) is 106 Å². The van der Waals surface area contributed by atoms with Crippen LogP contribution in [-0.2, 0) is 101 Å². The first-order chi connectivity index (χ1) is 60.6. The van der Waals surface area contributed by atoms with Gasteiger partial charge in [0.25, 0.3) is 0 Å². The first kappa shape index (κ1) is 115. The van der Waals surface area contributed by atoms with Crippen LogP contribution < -0.4 is 131 Å². The number of carboxylic acids is 3. The molecule has 54 nitrogen and oxygen atoms in total. The Morgan fingerprint density at radius 2 is 0.744 bits per heavy atom. The second-order valence-corrected chi connectivity index (χ2v) is 30.8. The molecule has 18 atom stereocenters. The van der Waals surface area contributed by atoms with Crippen LogP contribution in [0, 0.1) is 10.8 Å². The molecule has 39 N–H and O–H groups in total. The van der Waals surface area contributed by atoms with Crippen molar-refractivity contribution in [2.24, 2.45) is 40.1 Å². The SMILES string of the molecule is C[C@H](NC(=O)[C@H](CCC(N)=O)NC(=O)[C@H](CCCCN)NC(=O)[C@H](CS)NC(=O)[C@H](CO)NC(=O)[C@H](CS)NC(=O)[C@@H](NC(=O)[C@H](CS)NC(=O)[C@H](CCCCN)NC(=O)[C@@H](N)CCC(=O)O)[C@@H](C)O)C(=O)N[C@@H](CO)C(=O)N[C@@H](CCCNC(=N)N)C(=O)N[C@@H](CC(N)=O)C(=O)N[C@@H](CCCNC(=N)N)C(=O)N1CCC[C@H]1C(=O)N[C@@H](C)C(=O)N[C@@H](CC(=O)O)C(=O)O. The number of hydrogen-bond acceptors (Lipinski definition) is 32. The Morgan fingerprint density at radius 3 is 1.16 bits per heavy atom. The molecule has 1 aliphatic heterocycles. The van der Waals surface area contributed by atoms with Gasteiger partial charge in [-0.3, -0.25) is 107 Å². The number of thiol groups is 3. The lowest BCUT2D eigenvalue weighted by Gasteiger charge is -2.30. The van der Waals surface area contributed by atoms with Gasteiger partial charge in [-0.2, -0.15) is 37.9 Å². The molecule has 1 rings (SSSR count). The van der Waals surface area contributed by atoms with E-state index in [1.807, 2.05) is 5.32 Å². The maximum absolute atomic E-state index is 14.5. The molecular weight excluding hydrogens is 1770 g/mol. The number of amides is 18. The number of hydrogen-bond donors (Lipinski definition) is 35. The Balaban J connectivity index is 3.47. The number of nitrogens with two attached hydrogens (primary N) is 7. The Bertz CT molecular complexity index is 3900. The van der Waals surface area contributed by atoms with Gasteiger partial charge in [0.1, 0.15) is 96.7 Å². The van der Waals surface area contributed by atoms with Gasteiger partial charge in [0.05, 0.1) is 38.2 Å². The number of likely N-dealkylation sites (tertiary alicyclic amines) is 1. The van der Waals surface area contributed by atoms with E-state index in [0.29, 0.717) is 12.8 Å². The number of nitrogens with zero attached hydrogens (tertiary/aromatic N) is 1. The summed E-state index contributed by atoms with van der Waals surface area (Å²) in [6.07, 6.45) is -5.39. The molecule has 18 amide bonds. The summed E-state index contributed by atoms with van der Waals surface area (Å²) in [6.45, 7) is 0.880. The van der Waals surface area contributed by atoms with Crippen molar-refractivity contribution >= 4 is 174 Å². The first-order valence-electron chi connectivity index (χ1n) is 40.8. The number of carboxylic acid groups (broad SMARTS) is 3. The standard InChI is InChI=1S/C72H125N27O27S3/c1-32(55(110)93-43(27-100)62(117)87-38(13-8-22-82-71(78)79)59(114)91-41(25-50(77)104)61(116)90-40(14-9-23-83-72(80)81)69(124)99-24-10-15-48(99)67(122)85-33(2)54(109)92-42(70(125)126)26-52(107)108)84-57(112)39(17-18-49(76)103)89-58(113)37(12-5-7-21-74)88-64(119)45(29-127)96-63(118)44(28-101)94-65(120)46(30-128)97-68(123)53(34(3)102)98-66(121)47(31-129)95-60(115)36(11-4-6-20-73)86-56(111)35(75)16-19-51(105)106/h32-48,53,100-102,127-129H,4-31,73-75H2,1-3H3,(H2,76,103)(H2,77,104)(H,84,112)(H,85,122)(H,86,111)(H,87,117)(H,88,119)(H,89,113)(H,90,116)(H,91,114)(H,92,109)(H,93,110)(H,94,120)(H,95,115)(H,96,118)(H,97,123)(H,98,121)(H,105,106)(H,107,108)(H,125,126)(H4,78,79,82)(H4,80,81,83)/t32-,33-,34+,35-,36-,37-,38-,39-,40-,41-,42-,43-,44-,45-,46-,47-,48-,53-/m0/s1. The van der Waals surface area contributed by atoms with Gasteiger partial charge in [-0.15, -0.1) is 0 Å². The van der Waals surface area contributed by atoms with Gasteiger partial charge >= 0.3 is 17.9 Å². The fraction of sp³-hybridized carbons (Fsp3) is 0.681. The molecule has 1 aliphatic rings. The third-order valence-corrected chi connectivity index (χ3v) is 20.3. The molecule has 0 unspecified atom stereocenters. The molecule has 0 spiro atoms. The summed E-state index contributed by atoms with van der Waals surface area (Å²) in [5.74, 6) is -27.1. The summed E-state index contributed by atoms with van der Waals surface area (Å²) in [5, 5.41) is 114. The van der Waals surface area contributed by atoms with Crippen LogP contribution >= 0.6 is 37.9 Å². The van der Waals surface area contributed by atoms with Gasteiger partial charge in [-0.05, 0) is 124 Å². The molecule has 1 fully saturated rings. The lowest BCUT2D eigenvalue weighted by Crippen LogP contribution is -2.63.